The highest BCUT2D eigenvalue weighted by Crippen LogP contribution is 2.32. The molecule has 0 radical (unpaired) electrons. The van der Waals surface area contributed by atoms with Gasteiger partial charge >= 0.3 is 5.97 Å². The third-order valence-electron chi connectivity index (χ3n) is 5.09. The Labute approximate surface area is 184 Å². The Morgan fingerprint density at radius 3 is 2.16 bits per heavy atom. The van der Waals surface area contributed by atoms with Gasteiger partial charge in [0, 0.05) is 0 Å². The van der Waals surface area contributed by atoms with Crippen LogP contribution in [-0.2, 0) is 4.74 Å². The number of hydrogen-bond donors (Lipinski definition) is 1. The van der Waals surface area contributed by atoms with Gasteiger partial charge in [-0.25, -0.2) is 9.78 Å². The Morgan fingerprint density at radius 1 is 1.03 bits per heavy atom. The lowest BCUT2D eigenvalue weighted by Gasteiger charge is -2.17. The van der Waals surface area contributed by atoms with Crippen LogP contribution in [0.1, 0.15) is 52.0 Å². The summed E-state index contributed by atoms with van der Waals surface area (Å²) in [6.45, 7) is 6.08. The van der Waals surface area contributed by atoms with Crippen LogP contribution in [-0.4, -0.2) is 22.5 Å². The van der Waals surface area contributed by atoms with E-state index in [1.54, 1.807) is 6.92 Å². The highest BCUT2D eigenvalue weighted by Gasteiger charge is 2.24. The molecule has 0 aliphatic heterocycles. The molecule has 5 nitrogen and oxygen atoms in total. The molecule has 0 saturated carbocycles. The van der Waals surface area contributed by atoms with Crippen LogP contribution >= 0.6 is 11.3 Å². The molecule has 2 heterocycles. The minimum absolute atomic E-state index is 0.224. The van der Waals surface area contributed by atoms with Crippen molar-refractivity contribution in [2.75, 3.05) is 6.61 Å². The number of hydrogen-bond acceptors (Lipinski definition) is 5. The van der Waals surface area contributed by atoms with Crippen LogP contribution in [0.15, 0.2) is 65.5 Å². The van der Waals surface area contributed by atoms with Gasteiger partial charge in [-0.1, -0.05) is 74.5 Å². The second-order valence-electron chi connectivity index (χ2n) is 7.93. The lowest BCUT2D eigenvalue weighted by molar-refractivity contribution is 0.0464. The number of aryl methyl sites for hydroxylation is 1. The molecule has 0 saturated heterocycles. The zero-order valence-electron chi connectivity index (χ0n) is 17.7. The highest BCUT2D eigenvalue weighted by molar-refractivity contribution is 7.20. The number of ether oxygens (including phenoxy) is 1. The van der Waals surface area contributed by atoms with Crippen LogP contribution in [0.4, 0.5) is 0 Å². The quantitative estimate of drug-likeness (QED) is 0.421. The Balaban J connectivity index is 1.83. The molecule has 158 valence electrons. The molecule has 0 atom stereocenters. The van der Waals surface area contributed by atoms with Gasteiger partial charge in [0.05, 0.1) is 17.9 Å². The SMILES string of the molecule is Cc1c(C(=O)OCC(C)C)sc2nc(C(c3ccccc3)c3ccccc3)[nH]c(=O)c12. The second-order valence-corrected chi connectivity index (χ2v) is 8.93. The van der Waals surface area contributed by atoms with E-state index in [-0.39, 0.29) is 17.4 Å². The molecule has 0 unspecified atom stereocenters. The summed E-state index contributed by atoms with van der Waals surface area (Å²) in [5.74, 6) is 0.165. The second kappa shape index (κ2) is 8.86. The zero-order chi connectivity index (χ0) is 22.0. The maximum atomic E-state index is 13.0. The Morgan fingerprint density at radius 2 is 1.61 bits per heavy atom. The lowest BCUT2D eigenvalue weighted by atomic mass is 9.90. The molecule has 0 bridgehead atoms. The molecule has 0 spiro atoms. The fraction of sp³-hybridized carbons (Fsp3) is 0.240. The topological polar surface area (TPSA) is 72.0 Å². The van der Waals surface area contributed by atoms with Crippen LogP contribution in [0.3, 0.4) is 0 Å². The summed E-state index contributed by atoms with van der Waals surface area (Å²) < 4.78 is 5.39. The van der Waals surface area contributed by atoms with E-state index < -0.39 is 5.97 Å². The number of esters is 1. The van der Waals surface area contributed by atoms with E-state index in [9.17, 15) is 9.59 Å². The first-order chi connectivity index (χ1) is 15.0. The van der Waals surface area contributed by atoms with Crippen molar-refractivity contribution in [1.82, 2.24) is 9.97 Å². The van der Waals surface area contributed by atoms with Crippen LogP contribution in [0, 0.1) is 12.8 Å². The normalized spacial score (nSPS) is 11.4. The van der Waals surface area contributed by atoms with Gasteiger partial charge in [-0.3, -0.25) is 4.79 Å². The summed E-state index contributed by atoms with van der Waals surface area (Å²) in [7, 11) is 0. The molecule has 4 aromatic rings. The van der Waals surface area contributed by atoms with Gasteiger partial charge in [-0.2, -0.15) is 0 Å². The van der Waals surface area contributed by atoms with Crippen molar-refractivity contribution >= 4 is 27.5 Å². The molecule has 2 aromatic carbocycles. The van der Waals surface area contributed by atoms with Gasteiger partial charge < -0.3 is 9.72 Å². The number of aromatic nitrogens is 2. The standard InChI is InChI=1S/C25H24N2O3S/c1-15(2)14-30-25(29)21-16(3)19-23(28)26-22(27-24(19)31-21)20(17-10-6-4-7-11-17)18-12-8-5-9-13-18/h4-13,15,20H,14H2,1-3H3,(H,26,27,28). The van der Waals surface area contributed by atoms with Crippen LogP contribution in [0.25, 0.3) is 10.2 Å². The van der Waals surface area contributed by atoms with Crippen LogP contribution < -0.4 is 5.56 Å². The zero-order valence-corrected chi connectivity index (χ0v) is 18.5. The Kier molecular flexibility index (Phi) is 6.00. The summed E-state index contributed by atoms with van der Waals surface area (Å²) in [6, 6.07) is 19.9. The first-order valence-electron chi connectivity index (χ1n) is 10.3. The summed E-state index contributed by atoms with van der Waals surface area (Å²) in [4.78, 5) is 34.4. The van der Waals surface area contributed by atoms with Gasteiger partial charge in [0.25, 0.3) is 5.56 Å². The predicted molar refractivity (Wildman–Crippen MR) is 124 cm³/mol. The molecule has 4 rings (SSSR count). The maximum absolute atomic E-state index is 13.0. The molecule has 2 aromatic heterocycles. The van der Waals surface area contributed by atoms with E-state index in [2.05, 4.69) is 4.98 Å². The molecular weight excluding hydrogens is 408 g/mol. The summed E-state index contributed by atoms with van der Waals surface area (Å²) in [6.07, 6.45) is 0. The van der Waals surface area contributed by atoms with E-state index >= 15 is 0 Å². The first kappa shape index (κ1) is 21.0. The molecule has 0 aliphatic rings. The molecule has 0 amide bonds. The van der Waals surface area contributed by atoms with E-state index in [1.165, 1.54) is 11.3 Å². The number of rotatable bonds is 6. The minimum Gasteiger partial charge on any atom is -0.461 e. The third-order valence-corrected chi connectivity index (χ3v) is 6.26. The highest BCUT2D eigenvalue weighted by atomic mass is 32.1. The van der Waals surface area contributed by atoms with E-state index in [4.69, 9.17) is 9.72 Å². The number of benzene rings is 2. The number of nitrogens with zero attached hydrogens (tertiary/aromatic N) is 1. The van der Waals surface area contributed by atoms with Gasteiger partial charge in [-0.05, 0) is 29.5 Å². The largest absolute Gasteiger partial charge is 0.461 e. The van der Waals surface area contributed by atoms with Crippen LogP contribution in [0.5, 0.6) is 0 Å². The Bertz CT molecular complexity index is 1220. The smallest absolute Gasteiger partial charge is 0.348 e. The number of H-pyrrole nitrogens is 1. The van der Waals surface area contributed by atoms with Crippen molar-refractivity contribution in [2.24, 2.45) is 5.92 Å². The Hall–Kier alpha value is -3.25. The molecular formula is C25H24N2O3S. The predicted octanol–water partition coefficient (Wildman–Crippen LogP) is 5.29. The van der Waals surface area contributed by atoms with Gasteiger partial charge in [0.2, 0.25) is 0 Å². The average molecular weight is 433 g/mol. The number of nitrogens with one attached hydrogen (secondary N) is 1. The molecule has 6 heteroatoms. The summed E-state index contributed by atoms with van der Waals surface area (Å²) in [5.41, 5.74) is 2.43. The maximum Gasteiger partial charge on any atom is 0.348 e. The molecule has 0 aliphatic carbocycles. The number of aromatic amines is 1. The summed E-state index contributed by atoms with van der Waals surface area (Å²) in [5, 5.41) is 0.449. The van der Waals surface area contributed by atoms with Crippen molar-refractivity contribution in [2.45, 2.75) is 26.7 Å². The van der Waals surface area contributed by atoms with E-state index in [1.807, 2.05) is 74.5 Å². The van der Waals surface area contributed by atoms with E-state index in [0.717, 1.165) is 11.1 Å². The number of carbonyl (C=O) groups is 1. The van der Waals surface area contributed by atoms with Gasteiger partial charge in [0.1, 0.15) is 15.5 Å². The summed E-state index contributed by atoms with van der Waals surface area (Å²) >= 11 is 1.21. The fourth-order valence-electron chi connectivity index (χ4n) is 3.60. The number of thiophene rings is 1. The number of fused-ring (bicyclic) bond motifs is 1. The van der Waals surface area contributed by atoms with Gasteiger partial charge in [0.15, 0.2) is 0 Å². The van der Waals surface area contributed by atoms with Crippen LogP contribution in [0.2, 0.25) is 0 Å². The van der Waals surface area contributed by atoms with Gasteiger partial charge in [-0.15, -0.1) is 11.3 Å². The van der Waals surface area contributed by atoms with Crippen molar-refractivity contribution in [3.8, 4) is 0 Å². The molecule has 31 heavy (non-hydrogen) atoms. The van der Waals surface area contributed by atoms with Crippen molar-refractivity contribution in [3.05, 3.63) is 98.4 Å². The fourth-order valence-corrected chi connectivity index (χ4v) is 4.68. The van der Waals surface area contributed by atoms with Crippen molar-refractivity contribution in [1.29, 1.82) is 0 Å². The average Bonchev–Trinajstić information content (AvgIpc) is 3.10. The van der Waals surface area contributed by atoms with Crippen molar-refractivity contribution < 1.29 is 9.53 Å². The molecule has 1 N–H and O–H groups in total. The number of carbonyl (C=O) groups excluding carboxylic acids is 1. The lowest BCUT2D eigenvalue weighted by Crippen LogP contribution is -2.16. The monoisotopic (exact) mass is 432 g/mol. The van der Waals surface area contributed by atoms with E-state index in [0.29, 0.717) is 33.1 Å². The third kappa shape index (κ3) is 4.30. The van der Waals surface area contributed by atoms with Crippen molar-refractivity contribution in [3.63, 3.8) is 0 Å². The minimum atomic E-state index is -0.405. The first-order valence-corrected chi connectivity index (χ1v) is 11.1. The molecule has 0 fully saturated rings.